The number of hydrogen-bond donors (Lipinski definition) is 1. The van der Waals surface area contributed by atoms with Gasteiger partial charge < -0.3 is 10.1 Å². The normalized spacial score (nSPS) is 16.0. The van der Waals surface area contributed by atoms with Gasteiger partial charge in [-0.25, -0.2) is 18.4 Å². The number of piperidine rings is 1. The number of carbonyl (C=O) groups excluding carboxylic acids is 1. The zero-order valence-electron chi connectivity index (χ0n) is 16.4. The van der Waals surface area contributed by atoms with Crippen LogP contribution in [-0.2, 0) is 19.4 Å². The SMILES string of the molecule is CS(=O)(=O)c1cccc(-c2ncnc(C(CC3CCNCC3)OC=O)c2[N+](=O)[O-])c1. The Morgan fingerprint density at radius 2 is 2.07 bits per heavy atom. The first-order valence-corrected chi connectivity index (χ1v) is 11.3. The van der Waals surface area contributed by atoms with Crippen molar-refractivity contribution in [2.45, 2.75) is 30.3 Å². The van der Waals surface area contributed by atoms with E-state index in [-0.39, 0.29) is 34.2 Å². The molecule has 2 aromatic rings. The second kappa shape index (κ2) is 9.26. The highest BCUT2D eigenvalue weighted by atomic mass is 32.2. The minimum atomic E-state index is -3.51. The standard InChI is InChI=1S/C19H22N4O6S/c1-30(27,28)15-4-2-3-14(10-15)17-19(23(25)26)18(22-11-21-17)16(29-12-24)9-13-5-7-20-8-6-13/h2-4,10-13,16,20H,5-9H2,1H3. The Labute approximate surface area is 173 Å². The molecule has 1 saturated heterocycles. The molecule has 10 nitrogen and oxygen atoms in total. The largest absolute Gasteiger partial charge is 0.458 e. The van der Waals surface area contributed by atoms with E-state index in [1.54, 1.807) is 0 Å². The third kappa shape index (κ3) is 4.97. The molecule has 3 rings (SSSR count). The Balaban J connectivity index is 2.07. The molecular formula is C19H22N4O6S. The lowest BCUT2D eigenvalue weighted by Crippen LogP contribution is -2.29. The molecule has 11 heteroatoms. The number of ether oxygens (including phenoxy) is 1. The van der Waals surface area contributed by atoms with Crippen molar-refractivity contribution in [2.75, 3.05) is 19.3 Å². The first kappa shape index (κ1) is 21.8. The van der Waals surface area contributed by atoms with Crippen molar-refractivity contribution in [3.63, 3.8) is 0 Å². The van der Waals surface area contributed by atoms with Crippen LogP contribution in [0, 0.1) is 16.0 Å². The van der Waals surface area contributed by atoms with Gasteiger partial charge in [0.1, 0.15) is 6.33 Å². The molecule has 1 aliphatic rings. The van der Waals surface area contributed by atoms with Gasteiger partial charge in [0.05, 0.1) is 9.82 Å². The summed E-state index contributed by atoms with van der Waals surface area (Å²) in [5, 5.41) is 15.2. The molecule has 2 heterocycles. The number of nitrogens with zero attached hydrogens (tertiary/aromatic N) is 3. The number of carbonyl (C=O) groups is 1. The molecule has 0 radical (unpaired) electrons. The fourth-order valence-electron chi connectivity index (χ4n) is 3.61. The van der Waals surface area contributed by atoms with Gasteiger partial charge in [0.25, 0.3) is 6.47 Å². The zero-order valence-corrected chi connectivity index (χ0v) is 17.2. The van der Waals surface area contributed by atoms with E-state index in [4.69, 9.17) is 4.74 Å². The Morgan fingerprint density at radius 1 is 1.33 bits per heavy atom. The van der Waals surface area contributed by atoms with E-state index in [1.165, 1.54) is 24.3 Å². The quantitative estimate of drug-likeness (QED) is 0.375. The van der Waals surface area contributed by atoms with Gasteiger partial charge in [-0.05, 0) is 50.4 Å². The van der Waals surface area contributed by atoms with Gasteiger partial charge in [-0.1, -0.05) is 12.1 Å². The number of rotatable bonds is 8. The Kier molecular flexibility index (Phi) is 6.73. The zero-order chi connectivity index (χ0) is 21.7. The van der Waals surface area contributed by atoms with Crippen LogP contribution in [0.15, 0.2) is 35.5 Å². The van der Waals surface area contributed by atoms with Crippen molar-refractivity contribution in [3.05, 3.63) is 46.4 Å². The van der Waals surface area contributed by atoms with Gasteiger partial charge >= 0.3 is 5.69 Å². The van der Waals surface area contributed by atoms with Gasteiger partial charge in [-0.15, -0.1) is 0 Å². The van der Waals surface area contributed by atoms with Crippen LogP contribution >= 0.6 is 0 Å². The number of hydrogen-bond acceptors (Lipinski definition) is 9. The molecule has 1 unspecified atom stereocenters. The van der Waals surface area contributed by atoms with Crippen LogP contribution in [0.25, 0.3) is 11.3 Å². The molecular weight excluding hydrogens is 412 g/mol. The van der Waals surface area contributed by atoms with Crippen molar-refractivity contribution in [1.29, 1.82) is 0 Å². The Hall–Kier alpha value is -2.92. The van der Waals surface area contributed by atoms with E-state index in [0.29, 0.717) is 6.42 Å². The first-order chi connectivity index (χ1) is 14.3. The van der Waals surface area contributed by atoms with Crippen LogP contribution in [0.4, 0.5) is 5.69 Å². The summed E-state index contributed by atoms with van der Waals surface area (Å²) >= 11 is 0. The molecule has 1 aromatic carbocycles. The minimum Gasteiger partial charge on any atom is -0.458 e. The average Bonchev–Trinajstić information content (AvgIpc) is 2.73. The first-order valence-electron chi connectivity index (χ1n) is 9.41. The van der Waals surface area contributed by atoms with Gasteiger partial charge in [-0.3, -0.25) is 14.9 Å². The molecule has 1 N–H and O–H groups in total. The van der Waals surface area contributed by atoms with Crippen LogP contribution in [0.1, 0.15) is 31.1 Å². The fourth-order valence-corrected chi connectivity index (χ4v) is 4.28. The summed E-state index contributed by atoms with van der Waals surface area (Å²) in [7, 11) is -3.51. The molecule has 0 aliphatic carbocycles. The molecule has 1 aliphatic heterocycles. The van der Waals surface area contributed by atoms with E-state index >= 15 is 0 Å². The maximum absolute atomic E-state index is 12.0. The number of benzene rings is 1. The maximum atomic E-state index is 12.0. The topological polar surface area (TPSA) is 141 Å². The van der Waals surface area contributed by atoms with Gasteiger partial charge in [0, 0.05) is 11.8 Å². The smallest absolute Gasteiger partial charge is 0.320 e. The number of nitrogens with one attached hydrogen (secondary N) is 1. The van der Waals surface area contributed by atoms with Crippen molar-refractivity contribution in [1.82, 2.24) is 15.3 Å². The van der Waals surface area contributed by atoms with E-state index in [9.17, 15) is 23.3 Å². The Morgan fingerprint density at radius 3 is 2.70 bits per heavy atom. The molecule has 0 bridgehead atoms. The van der Waals surface area contributed by atoms with Crippen LogP contribution in [0.2, 0.25) is 0 Å². The van der Waals surface area contributed by atoms with Crippen LogP contribution in [-0.4, -0.2) is 49.1 Å². The van der Waals surface area contributed by atoms with Crippen molar-refractivity contribution in [3.8, 4) is 11.3 Å². The molecule has 1 aromatic heterocycles. The minimum absolute atomic E-state index is 0.000362. The molecule has 0 spiro atoms. The molecule has 1 fully saturated rings. The highest BCUT2D eigenvalue weighted by Gasteiger charge is 2.32. The van der Waals surface area contributed by atoms with Crippen LogP contribution in [0.5, 0.6) is 0 Å². The summed E-state index contributed by atoms with van der Waals surface area (Å²) in [6.45, 7) is 1.92. The lowest BCUT2D eigenvalue weighted by atomic mass is 9.90. The predicted octanol–water partition coefficient (Wildman–Crippen LogP) is 2.06. The third-order valence-corrected chi connectivity index (χ3v) is 6.21. The second-order valence-electron chi connectivity index (χ2n) is 7.16. The average molecular weight is 434 g/mol. The van der Waals surface area contributed by atoms with Crippen molar-refractivity contribution < 1.29 is 22.9 Å². The summed E-state index contributed by atoms with van der Waals surface area (Å²) in [4.78, 5) is 30.6. The summed E-state index contributed by atoms with van der Waals surface area (Å²) in [5.41, 5.74) is -0.162. The summed E-state index contributed by atoms with van der Waals surface area (Å²) in [5.74, 6) is 0.225. The molecule has 30 heavy (non-hydrogen) atoms. The van der Waals surface area contributed by atoms with Gasteiger partial charge in [-0.2, -0.15) is 0 Å². The van der Waals surface area contributed by atoms with E-state index in [0.717, 1.165) is 38.5 Å². The predicted molar refractivity (Wildman–Crippen MR) is 107 cm³/mol. The Bertz CT molecular complexity index is 1040. The summed E-state index contributed by atoms with van der Waals surface area (Å²) < 4.78 is 29.0. The van der Waals surface area contributed by atoms with E-state index in [2.05, 4.69) is 15.3 Å². The van der Waals surface area contributed by atoms with E-state index in [1.807, 2.05) is 0 Å². The van der Waals surface area contributed by atoms with Crippen LogP contribution < -0.4 is 5.32 Å². The number of aromatic nitrogens is 2. The molecule has 160 valence electrons. The van der Waals surface area contributed by atoms with Gasteiger partial charge in [0.15, 0.2) is 27.3 Å². The summed E-state index contributed by atoms with van der Waals surface area (Å²) in [6, 6.07) is 5.76. The molecule has 0 saturated carbocycles. The number of sulfone groups is 1. The van der Waals surface area contributed by atoms with Gasteiger partial charge in [0.2, 0.25) is 0 Å². The monoisotopic (exact) mass is 434 g/mol. The highest BCUT2D eigenvalue weighted by molar-refractivity contribution is 7.90. The highest BCUT2D eigenvalue weighted by Crippen LogP contribution is 2.37. The summed E-state index contributed by atoms with van der Waals surface area (Å²) in [6.07, 6.45) is 3.45. The van der Waals surface area contributed by atoms with Crippen molar-refractivity contribution in [2.24, 2.45) is 5.92 Å². The lowest BCUT2D eigenvalue weighted by Gasteiger charge is -2.25. The fraction of sp³-hybridized carbons (Fsp3) is 0.421. The molecule has 0 amide bonds. The number of nitro groups is 1. The van der Waals surface area contributed by atoms with Crippen molar-refractivity contribution >= 4 is 22.0 Å². The molecule has 1 atom stereocenters. The van der Waals surface area contributed by atoms with E-state index < -0.39 is 26.6 Å². The second-order valence-corrected chi connectivity index (χ2v) is 9.18. The lowest BCUT2D eigenvalue weighted by molar-refractivity contribution is -0.386. The third-order valence-electron chi connectivity index (χ3n) is 5.10. The van der Waals surface area contributed by atoms with Crippen LogP contribution in [0.3, 0.4) is 0 Å². The maximum Gasteiger partial charge on any atom is 0.320 e.